The zero-order chi connectivity index (χ0) is 12.3. The van der Waals surface area contributed by atoms with E-state index in [1.807, 2.05) is 31.2 Å². The number of anilines is 1. The number of fused-ring (bicyclic) bond motifs is 1. The van der Waals surface area contributed by atoms with E-state index in [-0.39, 0.29) is 11.8 Å². The number of benzene rings is 1. The third-order valence-corrected chi connectivity index (χ3v) is 3.12. The maximum Gasteiger partial charge on any atom is 0.231 e. The second kappa shape index (κ2) is 5.19. The van der Waals surface area contributed by atoms with Gasteiger partial charge in [0.1, 0.15) is 12.4 Å². The van der Waals surface area contributed by atoms with Crippen molar-refractivity contribution >= 4 is 11.6 Å². The Hall–Kier alpha value is -1.55. The monoisotopic (exact) mass is 234 g/mol. The first-order valence-electron chi connectivity index (χ1n) is 6.01. The van der Waals surface area contributed by atoms with Crippen LogP contribution in [0.1, 0.15) is 13.3 Å². The quantitative estimate of drug-likeness (QED) is 0.860. The third kappa shape index (κ3) is 2.26. The number of hydrogen-bond donors (Lipinski definition) is 1. The maximum atomic E-state index is 12.3. The number of nitrogens with two attached hydrogens (primary N) is 1. The Labute approximate surface area is 101 Å². The molecule has 0 bridgehead atoms. The Morgan fingerprint density at radius 3 is 3.00 bits per heavy atom. The highest BCUT2D eigenvalue weighted by Crippen LogP contribution is 2.31. The largest absolute Gasteiger partial charge is 0.490 e. The van der Waals surface area contributed by atoms with Crippen molar-refractivity contribution in [3.63, 3.8) is 0 Å². The molecule has 17 heavy (non-hydrogen) atoms. The van der Waals surface area contributed by atoms with Crippen LogP contribution in [0.4, 0.5) is 5.69 Å². The minimum Gasteiger partial charge on any atom is -0.490 e. The molecule has 1 amide bonds. The second-order valence-electron chi connectivity index (χ2n) is 4.15. The molecule has 4 nitrogen and oxygen atoms in total. The normalized spacial score (nSPS) is 16.0. The molecule has 0 fully saturated rings. The van der Waals surface area contributed by atoms with Crippen molar-refractivity contribution in [3.05, 3.63) is 24.3 Å². The Morgan fingerprint density at radius 2 is 2.29 bits per heavy atom. The lowest BCUT2D eigenvalue weighted by molar-refractivity contribution is -0.122. The van der Waals surface area contributed by atoms with Gasteiger partial charge in [0, 0.05) is 6.54 Å². The van der Waals surface area contributed by atoms with E-state index in [1.165, 1.54) is 0 Å². The van der Waals surface area contributed by atoms with Gasteiger partial charge in [-0.1, -0.05) is 19.1 Å². The molecule has 1 aliphatic heterocycles. The van der Waals surface area contributed by atoms with Crippen LogP contribution in [0.15, 0.2) is 24.3 Å². The predicted molar refractivity (Wildman–Crippen MR) is 67.1 cm³/mol. The number of hydrogen-bond acceptors (Lipinski definition) is 3. The van der Waals surface area contributed by atoms with Crippen molar-refractivity contribution in [2.24, 2.45) is 11.7 Å². The first kappa shape index (κ1) is 11.9. The highest BCUT2D eigenvalue weighted by molar-refractivity contribution is 5.96. The van der Waals surface area contributed by atoms with Crippen molar-refractivity contribution in [2.45, 2.75) is 13.3 Å². The number of ether oxygens (including phenoxy) is 1. The highest BCUT2D eigenvalue weighted by atomic mass is 16.5. The fraction of sp³-hybridized carbons (Fsp3) is 0.462. The SMILES string of the molecule is CCC(CN)C(=O)N1CCOc2ccccc21. The average molecular weight is 234 g/mol. The standard InChI is InChI=1S/C13H18N2O2/c1-2-10(9-14)13(16)15-7-8-17-12-6-4-3-5-11(12)15/h3-6,10H,2,7-9,14H2,1H3. The number of nitrogens with zero attached hydrogens (tertiary/aromatic N) is 1. The summed E-state index contributed by atoms with van der Waals surface area (Å²) in [4.78, 5) is 14.1. The van der Waals surface area contributed by atoms with Crippen LogP contribution in [0.25, 0.3) is 0 Å². The van der Waals surface area contributed by atoms with Crippen LogP contribution in [0.5, 0.6) is 5.75 Å². The first-order valence-corrected chi connectivity index (χ1v) is 6.01. The topological polar surface area (TPSA) is 55.6 Å². The molecule has 0 saturated carbocycles. The molecule has 4 heteroatoms. The number of para-hydroxylation sites is 2. The molecule has 1 heterocycles. The van der Waals surface area contributed by atoms with Gasteiger partial charge in [0.15, 0.2) is 0 Å². The Balaban J connectivity index is 2.26. The molecule has 1 unspecified atom stereocenters. The predicted octanol–water partition coefficient (Wildman–Crippen LogP) is 1.40. The molecule has 92 valence electrons. The molecular weight excluding hydrogens is 216 g/mol. The summed E-state index contributed by atoms with van der Waals surface area (Å²) in [6, 6.07) is 7.62. The van der Waals surface area contributed by atoms with Crippen molar-refractivity contribution in [1.82, 2.24) is 0 Å². The number of carbonyl (C=O) groups excluding carboxylic acids is 1. The highest BCUT2D eigenvalue weighted by Gasteiger charge is 2.27. The third-order valence-electron chi connectivity index (χ3n) is 3.12. The van der Waals surface area contributed by atoms with E-state index in [4.69, 9.17) is 10.5 Å². The number of amides is 1. The summed E-state index contributed by atoms with van der Waals surface area (Å²) in [7, 11) is 0. The summed E-state index contributed by atoms with van der Waals surface area (Å²) < 4.78 is 5.53. The van der Waals surface area contributed by atoms with Gasteiger partial charge < -0.3 is 15.4 Å². The molecule has 0 saturated heterocycles. The Morgan fingerprint density at radius 1 is 1.53 bits per heavy atom. The molecule has 1 aliphatic rings. The van der Waals surface area contributed by atoms with Crippen molar-refractivity contribution < 1.29 is 9.53 Å². The van der Waals surface area contributed by atoms with Crippen LogP contribution in [0, 0.1) is 5.92 Å². The van der Waals surface area contributed by atoms with E-state index in [9.17, 15) is 4.79 Å². The summed E-state index contributed by atoms with van der Waals surface area (Å²) >= 11 is 0. The minimum absolute atomic E-state index is 0.0962. The molecule has 2 N–H and O–H groups in total. The van der Waals surface area contributed by atoms with E-state index in [2.05, 4.69) is 0 Å². The van der Waals surface area contributed by atoms with Crippen LogP contribution in [-0.2, 0) is 4.79 Å². The summed E-state index contributed by atoms with van der Waals surface area (Å²) in [5.74, 6) is 0.783. The van der Waals surface area contributed by atoms with Crippen LogP contribution < -0.4 is 15.4 Å². The lowest BCUT2D eigenvalue weighted by Gasteiger charge is -2.31. The smallest absolute Gasteiger partial charge is 0.231 e. The van der Waals surface area contributed by atoms with Gasteiger partial charge in [0.05, 0.1) is 18.2 Å². The molecule has 0 aliphatic carbocycles. The van der Waals surface area contributed by atoms with Crippen molar-refractivity contribution in [1.29, 1.82) is 0 Å². The molecule has 0 radical (unpaired) electrons. The van der Waals surface area contributed by atoms with Gasteiger partial charge in [0.2, 0.25) is 5.91 Å². The van der Waals surface area contributed by atoms with E-state index < -0.39 is 0 Å². The summed E-state index contributed by atoms with van der Waals surface area (Å²) in [6.07, 6.45) is 0.773. The number of carbonyl (C=O) groups is 1. The Kier molecular flexibility index (Phi) is 3.64. The van der Waals surface area contributed by atoms with Gasteiger partial charge in [-0.15, -0.1) is 0 Å². The molecule has 0 aromatic heterocycles. The van der Waals surface area contributed by atoms with Gasteiger partial charge >= 0.3 is 0 Å². The van der Waals surface area contributed by atoms with Crippen LogP contribution >= 0.6 is 0 Å². The fourth-order valence-electron chi connectivity index (χ4n) is 2.06. The maximum absolute atomic E-state index is 12.3. The molecule has 2 rings (SSSR count). The van der Waals surface area contributed by atoms with Gasteiger partial charge in [0.25, 0.3) is 0 Å². The molecule has 0 spiro atoms. The van der Waals surface area contributed by atoms with E-state index >= 15 is 0 Å². The second-order valence-corrected chi connectivity index (χ2v) is 4.15. The summed E-state index contributed by atoms with van der Waals surface area (Å²) in [6.45, 7) is 3.53. The van der Waals surface area contributed by atoms with Gasteiger partial charge in [-0.25, -0.2) is 0 Å². The lowest BCUT2D eigenvalue weighted by atomic mass is 10.0. The molecule has 1 atom stereocenters. The zero-order valence-electron chi connectivity index (χ0n) is 10.1. The van der Waals surface area contributed by atoms with Crippen LogP contribution in [0.2, 0.25) is 0 Å². The minimum atomic E-state index is -0.0962. The number of rotatable bonds is 3. The first-order chi connectivity index (χ1) is 8.27. The molecule has 1 aromatic carbocycles. The van der Waals surface area contributed by atoms with Crippen LogP contribution in [0.3, 0.4) is 0 Å². The summed E-state index contributed by atoms with van der Waals surface area (Å²) in [5, 5.41) is 0. The van der Waals surface area contributed by atoms with Gasteiger partial charge in [-0.05, 0) is 18.6 Å². The lowest BCUT2D eigenvalue weighted by Crippen LogP contribution is -2.43. The molecule has 1 aromatic rings. The average Bonchev–Trinajstić information content (AvgIpc) is 2.39. The van der Waals surface area contributed by atoms with Crippen molar-refractivity contribution in [3.8, 4) is 5.75 Å². The zero-order valence-corrected chi connectivity index (χ0v) is 10.1. The van der Waals surface area contributed by atoms with Gasteiger partial charge in [-0.2, -0.15) is 0 Å². The van der Waals surface area contributed by atoms with E-state index in [1.54, 1.807) is 4.90 Å². The summed E-state index contributed by atoms with van der Waals surface area (Å²) in [5.41, 5.74) is 6.49. The van der Waals surface area contributed by atoms with Crippen LogP contribution in [-0.4, -0.2) is 25.6 Å². The van der Waals surface area contributed by atoms with E-state index in [0.717, 1.165) is 17.9 Å². The van der Waals surface area contributed by atoms with Crippen molar-refractivity contribution in [2.75, 3.05) is 24.6 Å². The van der Waals surface area contributed by atoms with Gasteiger partial charge in [-0.3, -0.25) is 4.79 Å². The van der Waals surface area contributed by atoms with E-state index in [0.29, 0.717) is 19.7 Å². The fourth-order valence-corrected chi connectivity index (χ4v) is 2.06. The Bertz CT molecular complexity index is 402. The molecular formula is C13H18N2O2.